The topological polar surface area (TPSA) is 35.5 Å². The van der Waals surface area contributed by atoms with Gasteiger partial charge in [-0.25, -0.2) is 0 Å². The third-order valence-corrected chi connectivity index (χ3v) is 3.95. The number of hydrogen-bond acceptors (Lipinski definition) is 3. The molecular formula is C12H22O3. The molecule has 1 aliphatic rings. The van der Waals surface area contributed by atoms with Gasteiger partial charge in [0.05, 0.1) is 11.2 Å². The largest absolute Gasteiger partial charge is 0.378 e. The minimum atomic E-state index is -0.232. The molecule has 1 saturated carbocycles. The van der Waals surface area contributed by atoms with Gasteiger partial charge >= 0.3 is 0 Å². The first-order chi connectivity index (χ1) is 6.99. The molecule has 0 spiro atoms. The van der Waals surface area contributed by atoms with E-state index < -0.39 is 0 Å². The Morgan fingerprint density at radius 2 is 2.00 bits per heavy atom. The van der Waals surface area contributed by atoms with E-state index in [9.17, 15) is 4.79 Å². The van der Waals surface area contributed by atoms with Crippen LogP contribution in [-0.2, 0) is 14.3 Å². The van der Waals surface area contributed by atoms with Crippen LogP contribution in [0.3, 0.4) is 0 Å². The summed E-state index contributed by atoms with van der Waals surface area (Å²) in [7, 11) is 3.47. The Morgan fingerprint density at radius 1 is 1.33 bits per heavy atom. The van der Waals surface area contributed by atoms with Crippen LogP contribution in [0.1, 0.15) is 39.5 Å². The highest BCUT2D eigenvalue weighted by atomic mass is 16.5. The van der Waals surface area contributed by atoms with E-state index in [0.29, 0.717) is 12.3 Å². The second-order valence-electron chi connectivity index (χ2n) is 4.99. The van der Waals surface area contributed by atoms with Crippen LogP contribution in [0.25, 0.3) is 0 Å². The molecule has 2 unspecified atom stereocenters. The van der Waals surface area contributed by atoms with Crippen LogP contribution < -0.4 is 0 Å². The number of aldehydes is 1. The summed E-state index contributed by atoms with van der Waals surface area (Å²) in [5.41, 5.74) is -0.339. The zero-order valence-corrected chi connectivity index (χ0v) is 10.2. The number of ether oxygens (including phenoxy) is 2. The molecule has 0 bridgehead atoms. The summed E-state index contributed by atoms with van der Waals surface area (Å²) in [5.74, 6) is 0.322. The summed E-state index contributed by atoms with van der Waals surface area (Å²) in [5, 5.41) is 0. The standard InChI is InChI=1S/C12H22O3/c1-11(14-3)7-5-10(6-8-13)12(2,9-11)15-4/h8,10H,5-7,9H2,1-4H3/t10-,11?,12?/m0/s1. The molecule has 0 saturated heterocycles. The summed E-state index contributed by atoms with van der Waals surface area (Å²) in [6.45, 7) is 4.19. The van der Waals surface area contributed by atoms with Crippen molar-refractivity contribution in [3.8, 4) is 0 Å². The van der Waals surface area contributed by atoms with E-state index in [2.05, 4.69) is 13.8 Å². The highest BCUT2D eigenvalue weighted by Gasteiger charge is 2.45. The molecule has 0 amide bonds. The molecule has 15 heavy (non-hydrogen) atoms. The molecule has 0 heterocycles. The first-order valence-electron chi connectivity index (χ1n) is 5.53. The van der Waals surface area contributed by atoms with Crippen LogP contribution in [0.15, 0.2) is 0 Å². The fourth-order valence-corrected chi connectivity index (χ4v) is 2.66. The molecule has 0 aromatic carbocycles. The van der Waals surface area contributed by atoms with Gasteiger partial charge in [0.25, 0.3) is 0 Å². The normalized spacial score (nSPS) is 41.5. The molecule has 0 aromatic rings. The van der Waals surface area contributed by atoms with Gasteiger partial charge in [-0.1, -0.05) is 0 Å². The van der Waals surface area contributed by atoms with Gasteiger partial charge in [0.15, 0.2) is 0 Å². The minimum absolute atomic E-state index is 0.107. The predicted octanol–water partition coefficient (Wildman–Crippen LogP) is 2.19. The molecule has 1 fully saturated rings. The second-order valence-corrected chi connectivity index (χ2v) is 4.99. The third kappa shape index (κ3) is 2.58. The summed E-state index contributed by atoms with van der Waals surface area (Å²) in [4.78, 5) is 10.6. The van der Waals surface area contributed by atoms with Gasteiger partial charge in [0.1, 0.15) is 6.29 Å². The molecule has 3 heteroatoms. The first-order valence-corrected chi connectivity index (χ1v) is 5.53. The number of hydrogen-bond donors (Lipinski definition) is 0. The molecule has 0 N–H and O–H groups in total. The van der Waals surface area contributed by atoms with Gasteiger partial charge in [-0.2, -0.15) is 0 Å². The quantitative estimate of drug-likeness (QED) is 0.673. The van der Waals surface area contributed by atoms with Crippen LogP contribution in [0.5, 0.6) is 0 Å². The van der Waals surface area contributed by atoms with Gasteiger partial charge < -0.3 is 14.3 Å². The van der Waals surface area contributed by atoms with Crippen molar-refractivity contribution in [3.63, 3.8) is 0 Å². The average molecular weight is 214 g/mol. The number of rotatable bonds is 4. The van der Waals surface area contributed by atoms with Gasteiger partial charge in [0, 0.05) is 27.1 Å². The molecular weight excluding hydrogens is 192 g/mol. The Labute approximate surface area is 92.1 Å². The van der Waals surface area contributed by atoms with E-state index in [-0.39, 0.29) is 11.2 Å². The zero-order valence-electron chi connectivity index (χ0n) is 10.2. The van der Waals surface area contributed by atoms with Gasteiger partial charge in [-0.15, -0.1) is 0 Å². The van der Waals surface area contributed by atoms with E-state index in [1.807, 2.05) is 0 Å². The van der Waals surface area contributed by atoms with E-state index >= 15 is 0 Å². The highest BCUT2D eigenvalue weighted by molar-refractivity contribution is 5.50. The lowest BCUT2D eigenvalue weighted by Crippen LogP contribution is -2.50. The molecule has 1 rings (SSSR count). The minimum Gasteiger partial charge on any atom is -0.378 e. The van der Waals surface area contributed by atoms with Crippen LogP contribution >= 0.6 is 0 Å². The van der Waals surface area contributed by atoms with Crippen molar-refractivity contribution in [2.75, 3.05) is 14.2 Å². The van der Waals surface area contributed by atoms with Crippen molar-refractivity contribution >= 4 is 6.29 Å². The molecule has 0 aromatic heterocycles. The third-order valence-electron chi connectivity index (χ3n) is 3.95. The second kappa shape index (κ2) is 4.62. The van der Waals surface area contributed by atoms with Crippen molar-refractivity contribution in [1.82, 2.24) is 0 Å². The fraction of sp³-hybridized carbons (Fsp3) is 0.917. The number of carbonyl (C=O) groups is 1. The summed E-state index contributed by atoms with van der Waals surface area (Å²) < 4.78 is 11.1. The maximum Gasteiger partial charge on any atom is 0.120 e. The summed E-state index contributed by atoms with van der Waals surface area (Å²) >= 11 is 0. The lowest BCUT2D eigenvalue weighted by Gasteiger charge is -2.47. The zero-order chi connectivity index (χ0) is 11.5. The Morgan fingerprint density at radius 3 is 2.47 bits per heavy atom. The smallest absolute Gasteiger partial charge is 0.120 e. The van der Waals surface area contributed by atoms with Crippen LogP contribution in [0.4, 0.5) is 0 Å². The lowest BCUT2D eigenvalue weighted by atomic mass is 9.69. The Kier molecular flexibility index (Phi) is 3.90. The monoisotopic (exact) mass is 214 g/mol. The molecule has 0 aliphatic heterocycles. The highest BCUT2D eigenvalue weighted by Crippen LogP contribution is 2.43. The molecule has 1 aliphatic carbocycles. The molecule has 88 valence electrons. The van der Waals surface area contributed by atoms with E-state index in [0.717, 1.165) is 25.5 Å². The average Bonchev–Trinajstić information content (AvgIpc) is 2.23. The van der Waals surface area contributed by atoms with Crippen LogP contribution in [0, 0.1) is 5.92 Å². The summed E-state index contributed by atoms with van der Waals surface area (Å²) in [6, 6.07) is 0. The number of carbonyl (C=O) groups excluding carboxylic acids is 1. The Hall–Kier alpha value is -0.410. The maximum absolute atomic E-state index is 10.6. The van der Waals surface area contributed by atoms with Crippen LogP contribution in [0.2, 0.25) is 0 Å². The number of methoxy groups -OCH3 is 2. The Bertz CT molecular complexity index is 229. The van der Waals surface area contributed by atoms with E-state index in [4.69, 9.17) is 9.47 Å². The SMILES string of the molecule is COC1(C)CC[C@@H](CC=O)C(C)(OC)C1. The van der Waals surface area contributed by atoms with E-state index in [1.54, 1.807) is 14.2 Å². The predicted molar refractivity (Wildman–Crippen MR) is 58.9 cm³/mol. The maximum atomic E-state index is 10.6. The van der Waals surface area contributed by atoms with Crippen molar-refractivity contribution in [2.24, 2.45) is 5.92 Å². The van der Waals surface area contributed by atoms with Gasteiger partial charge in [-0.3, -0.25) is 0 Å². The molecule has 3 atom stereocenters. The van der Waals surface area contributed by atoms with E-state index in [1.165, 1.54) is 0 Å². The fourth-order valence-electron chi connectivity index (χ4n) is 2.66. The summed E-state index contributed by atoms with van der Waals surface area (Å²) in [6.07, 6.45) is 4.43. The van der Waals surface area contributed by atoms with Crippen molar-refractivity contribution < 1.29 is 14.3 Å². The first kappa shape index (κ1) is 12.7. The van der Waals surface area contributed by atoms with Crippen LogP contribution in [-0.4, -0.2) is 31.7 Å². The molecule has 0 radical (unpaired) electrons. The van der Waals surface area contributed by atoms with Gasteiger partial charge in [0.2, 0.25) is 0 Å². The van der Waals surface area contributed by atoms with Crippen molar-refractivity contribution in [3.05, 3.63) is 0 Å². The Balaban J connectivity index is 2.78. The van der Waals surface area contributed by atoms with Crippen molar-refractivity contribution in [1.29, 1.82) is 0 Å². The van der Waals surface area contributed by atoms with Crippen molar-refractivity contribution in [2.45, 2.75) is 50.7 Å². The van der Waals surface area contributed by atoms with Gasteiger partial charge in [-0.05, 0) is 32.6 Å². The lowest BCUT2D eigenvalue weighted by molar-refractivity contribution is -0.150. The molecule has 3 nitrogen and oxygen atoms in total.